The van der Waals surface area contributed by atoms with E-state index < -0.39 is 0 Å². The van der Waals surface area contributed by atoms with Crippen molar-refractivity contribution in [2.75, 3.05) is 0 Å². The molecule has 268 valence electrons. The Morgan fingerprint density at radius 3 is 1.28 bits per heavy atom. The zero-order chi connectivity index (χ0) is 37.9. The number of benzene rings is 8. The lowest BCUT2D eigenvalue weighted by atomic mass is 10.1. The van der Waals surface area contributed by atoms with E-state index in [2.05, 4.69) is 218 Å². The maximum absolute atomic E-state index is 3.48. The lowest BCUT2D eigenvalue weighted by molar-refractivity contribution is 1.15. The molecule has 4 aromatic heterocycles. The predicted molar refractivity (Wildman–Crippen MR) is 241 cm³/mol. The van der Waals surface area contributed by atoms with E-state index in [1.807, 2.05) is 6.07 Å². The molecule has 0 unspecified atom stereocenters. The first-order chi connectivity index (χ1) is 28.8. The third-order valence-corrected chi connectivity index (χ3v) is 12.2. The van der Waals surface area contributed by atoms with Gasteiger partial charge in [0.05, 0.1) is 38.6 Å². The molecule has 4 heteroatoms. The highest BCUT2D eigenvalue weighted by molar-refractivity contribution is 6.27. The Hall–Kier alpha value is -8.00. The number of hydrogen-bond acceptors (Lipinski definition) is 0. The van der Waals surface area contributed by atoms with Crippen LogP contribution in [0.5, 0.6) is 0 Å². The molecule has 0 N–H and O–H groups in total. The van der Waals surface area contributed by atoms with Gasteiger partial charge >= 0.3 is 0 Å². The van der Waals surface area contributed by atoms with Crippen molar-refractivity contribution in [3.8, 4) is 22.7 Å². The third kappa shape index (κ3) is 4.14. The number of para-hydroxylation sites is 5. The molecule has 0 atom stereocenters. The first kappa shape index (κ1) is 31.2. The fraction of sp³-hybridized carbons (Fsp3) is 0. The van der Waals surface area contributed by atoms with E-state index in [1.165, 1.54) is 70.8 Å². The lowest BCUT2D eigenvalue weighted by Gasteiger charge is -2.13. The molecule has 0 aliphatic rings. The van der Waals surface area contributed by atoms with Gasteiger partial charge in [-0.2, -0.15) is 0 Å². The van der Waals surface area contributed by atoms with Gasteiger partial charge < -0.3 is 18.3 Å². The van der Waals surface area contributed by atoms with Gasteiger partial charge in [0.15, 0.2) is 0 Å². The molecule has 0 bridgehead atoms. The van der Waals surface area contributed by atoms with Crippen molar-refractivity contribution in [2.45, 2.75) is 0 Å². The minimum Gasteiger partial charge on any atom is -0.309 e. The second kappa shape index (κ2) is 11.8. The monoisotopic (exact) mass is 736 g/mol. The Labute approximate surface area is 333 Å². The van der Waals surface area contributed by atoms with Crippen molar-refractivity contribution in [1.82, 2.24) is 18.3 Å². The van der Waals surface area contributed by atoms with E-state index in [0.29, 0.717) is 0 Å². The molecule has 4 nitrogen and oxygen atoms in total. The molecule has 0 saturated carbocycles. The van der Waals surface area contributed by atoms with Crippen molar-refractivity contribution < 1.29 is 0 Å². The average molecular weight is 737 g/mol. The summed E-state index contributed by atoms with van der Waals surface area (Å²) >= 11 is 0. The van der Waals surface area contributed by atoms with Gasteiger partial charge in [0.1, 0.15) is 5.52 Å². The number of rotatable bonds is 4. The van der Waals surface area contributed by atoms with Gasteiger partial charge in [-0.1, -0.05) is 109 Å². The van der Waals surface area contributed by atoms with E-state index >= 15 is 0 Å². The zero-order valence-corrected chi connectivity index (χ0v) is 31.3. The summed E-state index contributed by atoms with van der Waals surface area (Å²) in [5.74, 6) is 0. The Balaban J connectivity index is 1.09. The van der Waals surface area contributed by atoms with Crippen molar-refractivity contribution >= 4 is 87.2 Å². The third-order valence-electron chi connectivity index (χ3n) is 12.2. The molecular formula is C54H32N4. The second-order valence-electron chi connectivity index (χ2n) is 15.2. The Bertz CT molecular complexity index is 3520. The van der Waals surface area contributed by atoms with Crippen molar-refractivity contribution in [1.29, 1.82) is 0 Å². The first-order valence-corrected chi connectivity index (χ1v) is 19.8. The van der Waals surface area contributed by atoms with Gasteiger partial charge in [-0.25, -0.2) is 0 Å². The summed E-state index contributed by atoms with van der Waals surface area (Å²) < 4.78 is 9.66. The SMILES string of the molecule is c1ccc2c3c(ccc4c5ccccc5n(-c5ccc(-n6c7ccccc7c7ccc8c(c9ccccc9n8-c8ccccc8)c76)cc5)c43)n(-c3ccccc3)c2c#1. The highest BCUT2D eigenvalue weighted by Gasteiger charge is 2.23. The number of hydrogen-bond donors (Lipinski definition) is 0. The van der Waals surface area contributed by atoms with Crippen molar-refractivity contribution in [3.63, 3.8) is 0 Å². The predicted octanol–water partition coefficient (Wildman–Crippen LogP) is 13.7. The van der Waals surface area contributed by atoms with Gasteiger partial charge in [0.2, 0.25) is 0 Å². The summed E-state index contributed by atoms with van der Waals surface area (Å²) in [6.45, 7) is 0. The molecule has 0 radical (unpaired) electrons. The molecule has 0 spiro atoms. The smallest absolute Gasteiger partial charge is 0.105 e. The molecule has 4 heterocycles. The Morgan fingerprint density at radius 1 is 0.276 bits per heavy atom. The number of aromatic nitrogens is 4. The molecule has 13 aromatic rings. The Morgan fingerprint density at radius 2 is 0.707 bits per heavy atom. The van der Waals surface area contributed by atoms with Gasteiger partial charge in [0.25, 0.3) is 0 Å². The number of nitrogens with zero attached hydrogens (tertiary/aromatic N) is 4. The van der Waals surface area contributed by atoms with Crippen LogP contribution in [-0.2, 0) is 0 Å². The standard InChI is InChI=1S/C54H32N4/c1-3-15-35(16-4-1)55-47-25-13-9-21-43(47)51-49(55)33-31-41-39-19-7-11-23-45(39)57(53(41)51)37-27-29-38(30-28-37)58-46-24-12-8-20-40(46)42-32-34-50-52(54(42)58)44-22-10-14-26-48(44)56(50)36-17-5-2-6-18-36/h1-13,15-25,27-34H. The summed E-state index contributed by atoms with van der Waals surface area (Å²) in [6.07, 6.45) is 0. The van der Waals surface area contributed by atoms with Crippen LogP contribution in [0.3, 0.4) is 0 Å². The van der Waals surface area contributed by atoms with Crippen LogP contribution in [0.15, 0.2) is 194 Å². The van der Waals surface area contributed by atoms with Crippen LogP contribution in [0.1, 0.15) is 0 Å². The molecule has 0 amide bonds. The quantitative estimate of drug-likeness (QED) is 0.171. The molecule has 0 saturated heterocycles. The maximum atomic E-state index is 3.48. The molecule has 58 heavy (non-hydrogen) atoms. The van der Waals surface area contributed by atoms with E-state index in [4.69, 9.17) is 0 Å². The van der Waals surface area contributed by atoms with Gasteiger partial charge in [0, 0.05) is 65.8 Å². The van der Waals surface area contributed by atoms with E-state index in [9.17, 15) is 0 Å². The van der Waals surface area contributed by atoms with Crippen molar-refractivity contribution in [2.24, 2.45) is 0 Å². The Kier molecular flexibility index (Phi) is 6.33. The molecule has 13 rings (SSSR count). The lowest BCUT2D eigenvalue weighted by Crippen LogP contribution is -1.98. The topological polar surface area (TPSA) is 19.7 Å². The molecular weight excluding hydrogens is 705 g/mol. The van der Waals surface area contributed by atoms with Crippen LogP contribution in [0.25, 0.3) is 110 Å². The number of fused-ring (bicyclic) bond motifs is 14. The van der Waals surface area contributed by atoms with E-state index in [1.54, 1.807) is 0 Å². The van der Waals surface area contributed by atoms with Crippen LogP contribution in [0.2, 0.25) is 0 Å². The zero-order valence-electron chi connectivity index (χ0n) is 31.3. The van der Waals surface area contributed by atoms with Crippen molar-refractivity contribution in [3.05, 3.63) is 206 Å². The highest BCUT2D eigenvalue weighted by atomic mass is 15.0. The van der Waals surface area contributed by atoms with E-state index in [-0.39, 0.29) is 0 Å². The molecule has 9 aromatic carbocycles. The summed E-state index contributed by atoms with van der Waals surface area (Å²) in [7, 11) is 0. The van der Waals surface area contributed by atoms with Gasteiger partial charge in [-0.05, 0) is 97.1 Å². The van der Waals surface area contributed by atoms with Crippen LogP contribution < -0.4 is 0 Å². The van der Waals surface area contributed by atoms with Crippen LogP contribution in [0, 0.1) is 12.1 Å². The molecule has 0 fully saturated rings. The summed E-state index contributed by atoms with van der Waals surface area (Å²) in [5.41, 5.74) is 13.8. The highest BCUT2D eigenvalue weighted by Crippen LogP contribution is 2.44. The van der Waals surface area contributed by atoms with Crippen LogP contribution in [0.4, 0.5) is 0 Å². The second-order valence-corrected chi connectivity index (χ2v) is 15.2. The van der Waals surface area contributed by atoms with Crippen LogP contribution in [-0.4, -0.2) is 18.3 Å². The summed E-state index contributed by atoms with van der Waals surface area (Å²) in [4.78, 5) is 0. The summed E-state index contributed by atoms with van der Waals surface area (Å²) in [5, 5.41) is 9.82. The van der Waals surface area contributed by atoms with Crippen LogP contribution >= 0.6 is 0 Å². The fourth-order valence-electron chi connectivity index (χ4n) is 9.87. The van der Waals surface area contributed by atoms with Gasteiger partial charge in [-0.3, -0.25) is 0 Å². The average Bonchev–Trinajstić information content (AvgIpc) is 4.02. The normalized spacial score (nSPS) is 12.0. The molecule has 0 aliphatic heterocycles. The minimum absolute atomic E-state index is 1.02. The minimum atomic E-state index is 1.02. The van der Waals surface area contributed by atoms with Gasteiger partial charge in [-0.15, -0.1) is 0 Å². The summed E-state index contributed by atoms with van der Waals surface area (Å²) in [6, 6.07) is 77.0. The largest absolute Gasteiger partial charge is 0.309 e. The van der Waals surface area contributed by atoms with E-state index in [0.717, 1.165) is 39.2 Å². The maximum Gasteiger partial charge on any atom is 0.105 e. The fourth-order valence-corrected chi connectivity index (χ4v) is 9.87. The molecule has 0 aliphatic carbocycles. The first-order valence-electron chi connectivity index (χ1n) is 19.8.